The monoisotopic (exact) mass is 105 g/mol. The average Bonchev–Trinajstić information content (AvgIpc) is 2.21. The van der Waals surface area contributed by atoms with Gasteiger partial charge >= 0.3 is 0 Å². The van der Waals surface area contributed by atoms with Crippen molar-refractivity contribution in [2.75, 3.05) is 19.0 Å². The maximum Gasteiger partial charge on any atom is 0.144 e. The summed E-state index contributed by atoms with van der Waals surface area (Å²) in [6, 6.07) is 0. The third kappa shape index (κ3) is 1.16. The Labute approximate surface area is 42.4 Å². The molecule has 1 aliphatic rings. The minimum atomic E-state index is 0.806. The molecule has 0 bridgehead atoms. The van der Waals surface area contributed by atoms with Crippen LogP contribution in [0.3, 0.4) is 0 Å². The Hall–Kier alpha value is 0.270. The molecule has 0 aromatic carbocycles. The van der Waals surface area contributed by atoms with Crippen molar-refractivity contribution in [1.29, 1.82) is 0 Å². The molecule has 1 aliphatic heterocycles. The Balaban J connectivity index is 1.88. The maximum absolute atomic E-state index is 4.73. The van der Waals surface area contributed by atoms with Crippen LogP contribution in [0, 0.1) is 0 Å². The van der Waals surface area contributed by atoms with Crippen molar-refractivity contribution in [3.63, 3.8) is 0 Å². The van der Waals surface area contributed by atoms with Crippen molar-refractivity contribution in [3.8, 4) is 0 Å². The summed E-state index contributed by atoms with van der Waals surface area (Å²) in [5.74, 6) is 0.889. The van der Waals surface area contributed by atoms with Gasteiger partial charge in [0.25, 0.3) is 0 Å². The van der Waals surface area contributed by atoms with Gasteiger partial charge in [0.15, 0.2) is 0 Å². The van der Waals surface area contributed by atoms with E-state index in [1.165, 1.54) is 0 Å². The van der Waals surface area contributed by atoms with Crippen molar-refractivity contribution in [1.82, 2.24) is 5.06 Å². The van der Waals surface area contributed by atoms with Gasteiger partial charge in [-0.15, -0.1) is 0 Å². The van der Waals surface area contributed by atoms with Gasteiger partial charge in [-0.3, -0.25) is 4.84 Å². The largest absolute Gasteiger partial charge is 0.279 e. The number of hydrogen-bond acceptors (Lipinski definition) is 3. The van der Waals surface area contributed by atoms with Gasteiger partial charge in [-0.2, -0.15) is 17.7 Å². The maximum atomic E-state index is 4.73. The van der Waals surface area contributed by atoms with E-state index in [1.54, 1.807) is 0 Å². The van der Waals surface area contributed by atoms with Crippen LogP contribution in [0.1, 0.15) is 0 Å². The standard InChI is InChI=1S/C3H7NOS/c6-2-1-4-3-5-4/h6H,1-3H2/t4-/m1/s1. The SMILES string of the molecule is SCC[N@]1CO1. The number of hydroxylamine groups is 2. The van der Waals surface area contributed by atoms with Crippen molar-refractivity contribution >= 4 is 12.6 Å². The van der Waals surface area contributed by atoms with E-state index in [1.807, 2.05) is 5.06 Å². The van der Waals surface area contributed by atoms with Gasteiger partial charge in [-0.05, 0) is 0 Å². The summed E-state index contributed by atoms with van der Waals surface area (Å²) in [5.41, 5.74) is 0. The molecule has 0 aliphatic carbocycles. The van der Waals surface area contributed by atoms with E-state index in [2.05, 4.69) is 12.6 Å². The predicted molar refractivity (Wildman–Crippen MR) is 26.5 cm³/mol. The van der Waals surface area contributed by atoms with Crippen molar-refractivity contribution in [3.05, 3.63) is 0 Å². The van der Waals surface area contributed by atoms with Crippen LogP contribution in [0.4, 0.5) is 0 Å². The van der Waals surface area contributed by atoms with E-state index in [9.17, 15) is 0 Å². The van der Waals surface area contributed by atoms with Gasteiger partial charge in [0, 0.05) is 12.3 Å². The van der Waals surface area contributed by atoms with Crippen LogP contribution >= 0.6 is 12.6 Å². The Morgan fingerprint density at radius 3 is 2.67 bits per heavy atom. The summed E-state index contributed by atoms with van der Waals surface area (Å²) in [6.45, 7) is 1.77. The first-order valence-electron chi connectivity index (χ1n) is 1.92. The van der Waals surface area contributed by atoms with E-state index in [0.717, 1.165) is 19.0 Å². The first-order valence-corrected chi connectivity index (χ1v) is 2.55. The molecule has 0 unspecified atom stereocenters. The van der Waals surface area contributed by atoms with Gasteiger partial charge < -0.3 is 0 Å². The number of hydrogen-bond donors (Lipinski definition) is 1. The molecule has 1 atom stereocenters. The second-order valence-corrected chi connectivity index (χ2v) is 1.63. The van der Waals surface area contributed by atoms with Crippen LogP contribution in [0.15, 0.2) is 0 Å². The Morgan fingerprint density at radius 2 is 2.50 bits per heavy atom. The van der Waals surface area contributed by atoms with Crippen molar-refractivity contribution < 1.29 is 4.84 Å². The van der Waals surface area contributed by atoms with E-state index >= 15 is 0 Å². The number of rotatable bonds is 2. The van der Waals surface area contributed by atoms with Crippen LogP contribution in [0.2, 0.25) is 0 Å². The zero-order chi connectivity index (χ0) is 4.41. The van der Waals surface area contributed by atoms with Crippen LogP contribution in [0.25, 0.3) is 0 Å². The van der Waals surface area contributed by atoms with Crippen LogP contribution in [-0.2, 0) is 4.84 Å². The third-order valence-corrected chi connectivity index (χ3v) is 0.861. The Bertz CT molecular complexity index is 46.1. The van der Waals surface area contributed by atoms with E-state index in [4.69, 9.17) is 4.84 Å². The molecule has 0 saturated carbocycles. The second kappa shape index (κ2) is 1.82. The lowest BCUT2D eigenvalue weighted by molar-refractivity contribution is 0.211. The molecule has 1 rings (SSSR count). The highest BCUT2D eigenvalue weighted by atomic mass is 32.1. The number of thiol groups is 1. The second-order valence-electron chi connectivity index (χ2n) is 1.19. The molecule has 0 radical (unpaired) electrons. The Kier molecular flexibility index (Phi) is 1.34. The molecule has 0 amide bonds. The molecule has 0 spiro atoms. The topological polar surface area (TPSA) is 15.5 Å². The molecule has 0 aromatic heterocycles. The highest BCUT2D eigenvalue weighted by Crippen LogP contribution is 2.03. The molecule has 1 saturated heterocycles. The fourth-order valence-electron chi connectivity index (χ4n) is 0.281. The molecule has 0 N–H and O–H groups in total. The fourth-order valence-corrected chi connectivity index (χ4v) is 0.505. The summed E-state index contributed by atoms with van der Waals surface area (Å²) < 4.78 is 0. The molecular weight excluding hydrogens is 98.1 g/mol. The molecule has 36 valence electrons. The minimum Gasteiger partial charge on any atom is -0.279 e. The molecule has 1 heterocycles. The van der Waals surface area contributed by atoms with E-state index in [-0.39, 0.29) is 0 Å². The quantitative estimate of drug-likeness (QED) is 0.396. The molecule has 2 nitrogen and oxygen atoms in total. The summed E-state index contributed by atoms with van der Waals surface area (Å²) >= 11 is 3.98. The Morgan fingerprint density at radius 1 is 1.83 bits per heavy atom. The predicted octanol–water partition coefficient (Wildman–Crippen LogP) is 0.121. The van der Waals surface area contributed by atoms with Crippen LogP contribution in [0.5, 0.6) is 0 Å². The lowest BCUT2D eigenvalue weighted by Gasteiger charge is -1.84. The normalized spacial score (nSPS) is 30.5. The van der Waals surface area contributed by atoms with E-state index < -0.39 is 0 Å². The number of nitrogens with zero attached hydrogens (tertiary/aromatic N) is 1. The lowest BCUT2D eigenvalue weighted by atomic mass is 10.8. The summed E-state index contributed by atoms with van der Waals surface area (Å²) in [7, 11) is 0. The van der Waals surface area contributed by atoms with Gasteiger partial charge in [0.1, 0.15) is 6.73 Å². The summed E-state index contributed by atoms with van der Waals surface area (Å²) in [5, 5.41) is 1.85. The van der Waals surface area contributed by atoms with Crippen molar-refractivity contribution in [2.24, 2.45) is 0 Å². The average molecular weight is 105 g/mol. The first kappa shape index (κ1) is 4.43. The fraction of sp³-hybridized carbons (Fsp3) is 1.00. The zero-order valence-electron chi connectivity index (χ0n) is 3.42. The van der Waals surface area contributed by atoms with Crippen LogP contribution < -0.4 is 0 Å². The van der Waals surface area contributed by atoms with Gasteiger partial charge in [-0.1, -0.05) is 0 Å². The first-order chi connectivity index (χ1) is 2.93. The van der Waals surface area contributed by atoms with E-state index in [0.29, 0.717) is 0 Å². The van der Waals surface area contributed by atoms with Gasteiger partial charge in [0.2, 0.25) is 0 Å². The molecular formula is C3H7NOS. The highest BCUT2D eigenvalue weighted by Gasteiger charge is 2.15. The highest BCUT2D eigenvalue weighted by molar-refractivity contribution is 7.80. The third-order valence-electron chi connectivity index (χ3n) is 0.661. The van der Waals surface area contributed by atoms with Gasteiger partial charge in [0.05, 0.1) is 0 Å². The summed E-state index contributed by atoms with van der Waals surface area (Å²) in [4.78, 5) is 4.73. The van der Waals surface area contributed by atoms with Gasteiger partial charge in [-0.25, -0.2) is 0 Å². The molecule has 6 heavy (non-hydrogen) atoms. The molecule has 1 fully saturated rings. The lowest BCUT2D eigenvalue weighted by Crippen LogP contribution is -1.97. The van der Waals surface area contributed by atoms with Crippen LogP contribution in [-0.4, -0.2) is 24.1 Å². The minimum absolute atomic E-state index is 0.806. The summed E-state index contributed by atoms with van der Waals surface area (Å²) in [6.07, 6.45) is 0. The molecule has 0 aromatic rings. The molecule has 3 heteroatoms. The van der Waals surface area contributed by atoms with Crippen molar-refractivity contribution in [2.45, 2.75) is 0 Å². The smallest absolute Gasteiger partial charge is 0.144 e. The zero-order valence-corrected chi connectivity index (χ0v) is 4.32.